The molecule has 5 nitrogen and oxygen atoms in total. The van der Waals surface area contributed by atoms with Gasteiger partial charge in [0.1, 0.15) is 0 Å². The van der Waals surface area contributed by atoms with Gasteiger partial charge in [-0.2, -0.15) is 0 Å². The molecule has 2 N–H and O–H groups in total. The van der Waals surface area contributed by atoms with Crippen LogP contribution in [0.15, 0.2) is 42.5 Å². The number of carbonyl (C=O) groups excluding carboxylic acids is 2. The van der Waals surface area contributed by atoms with Crippen molar-refractivity contribution >= 4 is 23.2 Å². The zero-order chi connectivity index (χ0) is 17.7. The first-order chi connectivity index (χ1) is 11.4. The summed E-state index contributed by atoms with van der Waals surface area (Å²) in [6.45, 7) is 4.20. The number of amides is 2. The molecule has 2 rings (SSSR count). The second-order valence-electron chi connectivity index (χ2n) is 6.00. The summed E-state index contributed by atoms with van der Waals surface area (Å²) >= 11 is 0. The quantitative estimate of drug-likeness (QED) is 0.888. The van der Waals surface area contributed by atoms with Crippen LogP contribution in [0, 0.1) is 13.8 Å². The Bertz CT molecular complexity index is 737. The number of hydrogen-bond acceptors (Lipinski definition) is 3. The fourth-order valence-corrected chi connectivity index (χ4v) is 2.26. The van der Waals surface area contributed by atoms with Crippen LogP contribution >= 0.6 is 0 Å². The van der Waals surface area contributed by atoms with Gasteiger partial charge in [0.05, 0.1) is 6.54 Å². The molecule has 0 bridgehead atoms. The largest absolute Gasteiger partial charge is 0.376 e. The molecule has 126 valence electrons. The summed E-state index contributed by atoms with van der Waals surface area (Å²) < 4.78 is 0. The molecule has 0 heterocycles. The first-order valence-corrected chi connectivity index (χ1v) is 7.79. The van der Waals surface area contributed by atoms with Gasteiger partial charge >= 0.3 is 0 Å². The minimum atomic E-state index is -0.136. The summed E-state index contributed by atoms with van der Waals surface area (Å²) in [7, 11) is 3.41. The Labute approximate surface area is 142 Å². The highest BCUT2D eigenvalue weighted by Crippen LogP contribution is 2.16. The van der Waals surface area contributed by atoms with E-state index < -0.39 is 0 Å². The van der Waals surface area contributed by atoms with E-state index in [1.807, 2.05) is 32.0 Å². The molecule has 0 aliphatic carbocycles. The lowest BCUT2D eigenvalue weighted by Gasteiger charge is -2.12. The molecular formula is C19H23N3O2. The van der Waals surface area contributed by atoms with Crippen LogP contribution in [0.1, 0.15) is 21.5 Å². The molecule has 0 saturated carbocycles. The molecule has 2 aromatic carbocycles. The number of hydrogen-bond donors (Lipinski definition) is 2. The highest BCUT2D eigenvalue weighted by molar-refractivity contribution is 5.96. The molecule has 0 unspecified atom stereocenters. The van der Waals surface area contributed by atoms with Crippen molar-refractivity contribution < 1.29 is 9.59 Å². The van der Waals surface area contributed by atoms with Crippen LogP contribution in [0.5, 0.6) is 0 Å². The van der Waals surface area contributed by atoms with Crippen LogP contribution in [0.2, 0.25) is 0 Å². The van der Waals surface area contributed by atoms with Gasteiger partial charge in [0.2, 0.25) is 5.91 Å². The summed E-state index contributed by atoms with van der Waals surface area (Å²) in [5.74, 6) is -0.202. The van der Waals surface area contributed by atoms with E-state index in [0.717, 1.165) is 16.8 Å². The average molecular weight is 325 g/mol. The average Bonchev–Trinajstić information content (AvgIpc) is 2.55. The van der Waals surface area contributed by atoms with Crippen molar-refractivity contribution in [3.05, 3.63) is 59.2 Å². The van der Waals surface area contributed by atoms with Gasteiger partial charge in [-0.1, -0.05) is 12.1 Å². The summed E-state index contributed by atoms with van der Waals surface area (Å²) in [4.78, 5) is 25.4. The molecule has 0 aliphatic rings. The lowest BCUT2D eigenvalue weighted by molar-refractivity contribution is -0.114. The van der Waals surface area contributed by atoms with Crippen molar-refractivity contribution in [2.75, 3.05) is 31.3 Å². The van der Waals surface area contributed by atoms with Gasteiger partial charge < -0.3 is 15.5 Å². The molecule has 2 amide bonds. The highest BCUT2D eigenvalue weighted by atomic mass is 16.2. The Hall–Kier alpha value is -2.82. The van der Waals surface area contributed by atoms with E-state index in [9.17, 15) is 9.59 Å². The monoisotopic (exact) mass is 325 g/mol. The Morgan fingerprint density at radius 1 is 1.00 bits per heavy atom. The molecule has 2 aromatic rings. The molecule has 0 saturated heterocycles. The lowest BCUT2D eigenvalue weighted by atomic mass is 10.1. The Morgan fingerprint density at radius 2 is 1.67 bits per heavy atom. The van der Waals surface area contributed by atoms with Gasteiger partial charge in [0.15, 0.2) is 0 Å². The maximum Gasteiger partial charge on any atom is 0.253 e. The van der Waals surface area contributed by atoms with E-state index in [1.54, 1.807) is 38.4 Å². The zero-order valence-corrected chi connectivity index (χ0v) is 14.5. The Balaban J connectivity index is 1.92. The minimum absolute atomic E-state index is 0.0653. The van der Waals surface area contributed by atoms with Gasteiger partial charge in [-0.3, -0.25) is 9.59 Å². The number of carbonyl (C=O) groups is 2. The Kier molecular flexibility index (Phi) is 5.58. The number of rotatable bonds is 5. The van der Waals surface area contributed by atoms with Gasteiger partial charge in [0, 0.05) is 31.0 Å². The topological polar surface area (TPSA) is 61.4 Å². The van der Waals surface area contributed by atoms with Crippen molar-refractivity contribution in [3.63, 3.8) is 0 Å². The molecule has 24 heavy (non-hydrogen) atoms. The van der Waals surface area contributed by atoms with Crippen LogP contribution in [0.25, 0.3) is 0 Å². The van der Waals surface area contributed by atoms with E-state index in [0.29, 0.717) is 11.3 Å². The molecular weight excluding hydrogens is 302 g/mol. The van der Waals surface area contributed by atoms with E-state index in [2.05, 4.69) is 10.6 Å². The number of benzene rings is 2. The van der Waals surface area contributed by atoms with E-state index >= 15 is 0 Å². The van der Waals surface area contributed by atoms with Crippen LogP contribution in [0.3, 0.4) is 0 Å². The molecule has 0 aromatic heterocycles. The van der Waals surface area contributed by atoms with E-state index in [4.69, 9.17) is 0 Å². The third kappa shape index (κ3) is 4.59. The first-order valence-electron chi connectivity index (χ1n) is 7.79. The summed E-state index contributed by atoms with van der Waals surface area (Å²) in [5, 5.41) is 5.96. The van der Waals surface area contributed by atoms with Crippen LogP contribution in [-0.4, -0.2) is 37.4 Å². The third-order valence-electron chi connectivity index (χ3n) is 3.65. The molecule has 0 atom stereocenters. The second-order valence-corrected chi connectivity index (χ2v) is 6.00. The molecule has 5 heteroatoms. The van der Waals surface area contributed by atoms with E-state index in [-0.39, 0.29) is 18.4 Å². The van der Waals surface area contributed by atoms with Crippen molar-refractivity contribution in [2.24, 2.45) is 0 Å². The van der Waals surface area contributed by atoms with Crippen molar-refractivity contribution in [1.82, 2.24) is 4.90 Å². The maximum absolute atomic E-state index is 12.1. The third-order valence-corrected chi connectivity index (χ3v) is 3.65. The summed E-state index contributed by atoms with van der Waals surface area (Å²) in [6, 6.07) is 12.9. The van der Waals surface area contributed by atoms with Crippen molar-refractivity contribution in [1.29, 1.82) is 0 Å². The maximum atomic E-state index is 12.1. The molecule has 0 radical (unpaired) electrons. The summed E-state index contributed by atoms with van der Waals surface area (Å²) in [6.07, 6.45) is 0. The number of anilines is 2. The van der Waals surface area contributed by atoms with Crippen molar-refractivity contribution in [3.8, 4) is 0 Å². The van der Waals surface area contributed by atoms with Crippen LogP contribution in [-0.2, 0) is 4.79 Å². The number of aryl methyl sites for hydroxylation is 2. The number of nitrogens with one attached hydrogen (secondary N) is 2. The SMILES string of the molecule is Cc1ccc(C)c(NCC(=O)Nc2ccc(C(=O)N(C)C)cc2)c1. The van der Waals surface area contributed by atoms with Gasteiger partial charge in [0.25, 0.3) is 5.91 Å². The highest BCUT2D eigenvalue weighted by Gasteiger charge is 2.08. The molecule has 0 fully saturated rings. The first kappa shape index (κ1) is 17.5. The smallest absolute Gasteiger partial charge is 0.253 e. The van der Waals surface area contributed by atoms with Crippen LogP contribution in [0.4, 0.5) is 11.4 Å². The normalized spacial score (nSPS) is 10.2. The van der Waals surface area contributed by atoms with Gasteiger partial charge in [-0.15, -0.1) is 0 Å². The summed E-state index contributed by atoms with van der Waals surface area (Å²) in [5.41, 5.74) is 4.45. The lowest BCUT2D eigenvalue weighted by Crippen LogP contribution is -2.23. The van der Waals surface area contributed by atoms with Gasteiger partial charge in [-0.05, 0) is 55.3 Å². The predicted molar refractivity (Wildman–Crippen MR) is 97.5 cm³/mol. The van der Waals surface area contributed by atoms with Crippen LogP contribution < -0.4 is 10.6 Å². The zero-order valence-electron chi connectivity index (χ0n) is 14.5. The number of nitrogens with zero attached hydrogens (tertiary/aromatic N) is 1. The van der Waals surface area contributed by atoms with Crippen molar-refractivity contribution in [2.45, 2.75) is 13.8 Å². The molecule has 0 spiro atoms. The van der Waals surface area contributed by atoms with Gasteiger partial charge in [-0.25, -0.2) is 0 Å². The Morgan fingerprint density at radius 3 is 2.29 bits per heavy atom. The molecule has 0 aliphatic heterocycles. The van der Waals surface area contributed by atoms with E-state index in [1.165, 1.54) is 4.90 Å². The second kappa shape index (κ2) is 7.64. The minimum Gasteiger partial charge on any atom is -0.376 e. The fourth-order valence-electron chi connectivity index (χ4n) is 2.26. The predicted octanol–water partition coefficient (Wildman–Crippen LogP) is 3.06. The fraction of sp³-hybridized carbons (Fsp3) is 0.263. The standard InChI is InChI=1S/C19H23N3O2/c1-13-5-6-14(2)17(11-13)20-12-18(23)21-16-9-7-15(8-10-16)19(24)22(3)4/h5-11,20H,12H2,1-4H3,(H,21,23).